The van der Waals surface area contributed by atoms with Gasteiger partial charge in [-0.15, -0.1) is 16.4 Å². The van der Waals surface area contributed by atoms with E-state index in [-0.39, 0.29) is 11.6 Å². The molecule has 0 amide bonds. The Morgan fingerprint density at radius 1 is 1.37 bits per heavy atom. The van der Waals surface area contributed by atoms with Gasteiger partial charge in [0, 0.05) is 12.6 Å². The highest BCUT2D eigenvalue weighted by Crippen LogP contribution is 2.39. The summed E-state index contributed by atoms with van der Waals surface area (Å²) in [6.07, 6.45) is 2.30. The van der Waals surface area contributed by atoms with Crippen molar-refractivity contribution in [3.63, 3.8) is 0 Å². The largest absolute Gasteiger partial charge is 0.494 e. The highest BCUT2D eigenvalue weighted by Gasteiger charge is 2.29. The van der Waals surface area contributed by atoms with Crippen LogP contribution in [0.2, 0.25) is 0 Å². The summed E-state index contributed by atoms with van der Waals surface area (Å²) in [6.45, 7) is 1.14. The van der Waals surface area contributed by atoms with Gasteiger partial charge in [0.2, 0.25) is 0 Å². The maximum atomic E-state index is 13.9. The van der Waals surface area contributed by atoms with E-state index in [1.165, 1.54) is 13.2 Å². The number of nitrogens with zero attached hydrogens (tertiary/aromatic N) is 4. The minimum atomic E-state index is -0.349. The van der Waals surface area contributed by atoms with Crippen LogP contribution in [0.4, 0.5) is 4.39 Å². The summed E-state index contributed by atoms with van der Waals surface area (Å²) in [5.41, 5.74) is 0.877. The molecule has 0 atom stereocenters. The van der Waals surface area contributed by atoms with Crippen LogP contribution in [0, 0.1) is 10.6 Å². The zero-order chi connectivity index (χ0) is 19.0. The summed E-state index contributed by atoms with van der Waals surface area (Å²) >= 11 is 7.38. The number of halogens is 1. The molecule has 1 aliphatic rings. The average molecular weight is 405 g/mol. The summed E-state index contributed by atoms with van der Waals surface area (Å²) < 4.78 is 23.7. The minimum Gasteiger partial charge on any atom is -0.494 e. The highest BCUT2D eigenvalue weighted by molar-refractivity contribution is 7.71. The Balaban J connectivity index is 1.55. The molecule has 4 rings (SSSR count). The van der Waals surface area contributed by atoms with Crippen LogP contribution in [0.15, 0.2) is 35.7 Å². The van der Waals surface area contributed by atoms with Crippen LogP contribution < -0.4 is 4.74 Å². The fraction of sp³-hybridized carbons (Fsp3) is 0.368. The Kier molecular flexibility index (Phi) is 5.12. The molecular formula is C19H21FN4OS2. The molecule has 1 aliphatic carbocycles. The first-order valence-electron chi connectivity index (χ1n) is 8.81. The summed E-state index contributed by atoms with van der Waals surface area (Å²) in [4.78, 5) is 3.20. The third-order valence-electron chi connectivity index (χ3n) is 4.57. The second kappa shape index (κ2) is 7.53. The van der Waals surface area contributed by atoms with Gasteiger partial charge in [-0.05, 0) is 61.2 Å². The molecule has 2 heterocycles. The van der Waals surface area contributed by atoms with Gasteiger partial charge < -0.3 is 4.74 Å². The van der Waals surface area contributed by atoms with E-state index in [1.54, 1.807) is 17.4 Å². The van der Waals surface area contributed by atoms with E-state index in [0.717, 1.165) is 33.9 Å². The van der Waals surface area contributed by atoms with Crippen molar-refractivity contribution in [3.8, 4) is 16.5 Å². The Morgan fingerprint density at radius 2 is 2.19 bits per heavy atom. The molecule has 1 saturated carbocycles. The van der Waals surface area contributed by atoms with Gasteiger partial charge >= 0.3 is 0 Å². The first kappa shape index (κ1) is 18.3. The van der Waals surface area contributed by atoms with Crippen LogP contribution in [0.25, 0.3) is 10.7 Å². The SMILES string of the molecule is COc1ccc(CN(C)Cn2nc(-c3cccs3)n(C3CC3)c2=S)cc1F. The van der Waals surface area contributed by atoms with Crippen LogP contribution in [0.5, 0.6) is 5.75 Å². The third kappa shape index (κ3) is 3.83. The van der Waals surface area contributed by atoms with Crippen molar-refractivity contribution in [2.45, 2.75) is 32.1 Å². The molecule has 142 valence electrons. The van der Waals surface area contributed by atoms with E-state index in [1.807, 2.05) is 23.9 Å². The number of ether oxygens (including phenoxy) is 1. The van der Waals surface area contributed by atoms with Crippen LogP contribution >= 0.6 is 23.6 Å². The zero-order valence-corrected chi connectivity index (χ0v) is 16.9. The van der Waals surface area contributed by atoms with Gasteiger partial charge in [0.25, 0.3) is 0 Å². The Morgan fingerprint density at radius 3 is 2.81 bits per heavy atom. The lowest BCUT2D eigenvalue weighted by atomic mass is 10.2. The van der Waals surface area contributed by atoms with E-state index < -0.39 is 0 Å². The van der Waals surface area contributed by atoms with Gasteiger partial charge in [0.1, 0.15) is 0 Å². The summed E-state index contributed by atoms with van der Waals surface area (Å²) in [7, 11) is 3.44. The number of rotatable bonds is 7. The molecule has 3 aromatic rings. The lowest BCUT2D eigenvalue weighted by Gasteiger charge is -2.17. The van der Waals surface area contributed by atoms with Gasteiger partial charge in [-0.1, -0.05) is 12.1 Å². The maximum absolute atomic E-state index is 13.9. The maximum Gasteiger partial charge on any atom is 0.199 e. The standard InChI is InChI=1S/C19H21FN4OS2/c1-22(11-13-5-8-16(25-2)15(20)10-13)12-23-19(26)24(14-6-7-14)18(21-23)17-4-3-9-27-17/h3-5,8-10,14H,6-7,11-12H2,1-2H3. The summed E-state index contributed by atoms with van der Waals surface area (Å²) in [6, 6.07) is 9.61. The van der Waals surface area contributed by atoms with Crippen molar-refractivity contribution in [2.75, 3.05) is 14.2 Å². The molecule has 2 aromatic heterocycles. The lowest BCUT2D eigenvalue weighted by molar-refractivity contribution is 0.243. The minimum absolute atomic E-state index is 0.257. The van der Waals surface area contributed by atoms with E-state index in [9.17, 15) is 4.39 Å². The van der Waals surface area contributed by atoms with Crippen molar-refractivity contribution >= 4 is 23.6 Å². The smallest absolute Gasteiger partial charge is 0.199 e. The average Bonchev–Trinajstić information content (AvgIpc) is 3.22. The van der Waals surface area contributed by atoms with Gasteiger partial charge in [-0.25, -0.2) is 9.07 Å². The molecular weight excluding hydrogens is 383 g/mol. The zero-order valence-electron chi connectivity index (χ0n) is 15.3. The second-order valence-electron chi connectivity index (χ2n) is 6.81. The Bertz CT molecular complexity index is 992. The predicted molar refractivity (Wildman–Crippen MR) is 107 cm³/mol. The molecule has 27 heavy (non-hydrogen) atoms. The van der Waals surface area contributed by atoms with Gasteiger partial charge in [-0.3, -0.25) is 9.47 Å². The molecule has 8 heteroatoms. The molecule has 0 saturated heterocycles. The van der Waals surface area contributed by atoms with Crippen molar-refractivity contribution in [1.29, 1.82) is 0 Å². The molecule has 1 fully saturated rings. The van der Waals surface area contributed by atoms with Gasteiger partial charge in [-0.2, -0.15) is 0 Å². The topological polar surface area (TPSA) is 35.2 Å². The number of hydrogen-bond donors (Lipinski definition) is 0. The third-order valence-corrected chi connectivity index (χ3v) is 5.84. The van der Waals surface area contributed by atoms with Gasteiger partial charge in [0.05, 0.1) is 18.7 Å². The quantitative estimate of drug-likeness (QED) is 0.534. The Hall–Kier alpha value is -2.03. The summed E-state index contributed by atoms with van der Waals surface area (Å²) in [5, 5.41) is 6.84. The van der Waals surface area contributed by atoms with Crippen LogP contribution in [0.1, 0.15) is 24.4 Å². The molecule has 5 nitrogen and oxygen atoms in total. The van der Waals surface area contributed by atoms with E-state index in [0.29, 0.717) is 19.3 Å². The molecule has 0 radical (unpaired) electrons. The molecule has 0 unspecified atom stereocenters. The van der Waals surface area contributed by atoms with Crippen molar-refractivity contribution in [1.82, 2.24) is 19.2 Å². The molecule has 0 aliphatic heterocycles. The number of benzene rings is 1. The summed E-state index contributed by atoms with van der Waals surface area (Å²) in [5.74, 6) is 0.854. The first-order chi connectivity index (χ1) is 13.1. The number of methoxy groups -OCH3 is 1. The first-order valence-corrected chi connectivity index (χ1v) is 10.1. The molecule has 0 N–H and O–H groups in total. The number of hydrogen-bond acceptors (Lipinski definition) is 5. The fourth-order valence-corrected chi connectivity index (χ4v) is 4.19. The van der Waals surface area contributed by atoms with E-state index in [4.69, 9.17) is 22.1 Å². The van der Waals surface area contributed by atoms with Crippen molar-refractivity contribution in [3.05, 3.63) is 51.9 Å². The lowest BCUT2D eigenvalue weighted by Crippen LogP contribution is -2.22. The normalized spacial score (nSPS) is 14.1. The Labute approximate surface area is 166 Å². The molecule has 1 aromatic carbocycles. The van der Waals surface area contributed by atoms with Crippen molar-refractivity contribution < 1.29 is 9.13 Å². The van der Waals surface area contributed by atoms with Crippen LogP contribution in [-0.4, -0.2) is 33.4 Å². The monoisotopic (exact) mass is 404 g/mol. The predicted octanol–water partition coefficient (Wildman–Crippen LogP) is 4.71. The van der Waals surface area contributed by atoms with Gasteiger partial charge in [0.15, 0.2) is 22.2 Å². The van der Waals surface area contributed by atoms with Crippen LogP contribution in [-0.2, 0) is 13.2 Å². The van der Waals surface area contributed by atoms with Crippen LogP contribution in [0.3, 0.4) is 0 Å². The number of thiophene rings is 1. The fourth-order valence-electron chi connectivity index (χ4n) is 3.15. The molecule has 0 bridgehead atoms. The number of aromatic nitrogens is 3. The second-order valence-corrected chi connectivity index (χ2v) is 8.12. The highest BCUT2D eigenvalue weighted by atomic mass is 32.1. The van der Waals surface area contributed by atoms with E-state index >= 15 is 0 Å². The molecule has 0 spiro atoms. The van der Waals surface area contributed by atoms with Crippen molar-refractivity contribution in [2.24, 2.45) is 0 Å². The van der Waals surface area contributed by atoms with E-state index in [2.05, 4.69) is 20.9 Å².